The molecule has 2 rings (SSSR count). The molecule has 4 heteroatoms. The fourth-order valence-corrected chi connectivity index (χ4v) is 1.44. The lowest BCUT2D eigenvalue weighted by Crippen LogP contribution is -2.44. The third-order valence-electron chi connectivity index (χ3n) is 2.28. The normalized spacial score (nSPS) is 19.4. The maximum absolute atomic E-state index is 10.4. The maximum atomic E-state index is 10.4. The Labute approximate surface area is 80.8 Å². The van der Waals surface area contributed by atoms with E-state index in [9.17, 15) is 4.79 Å². The Hall–Kier alpha value is -1.55. The van der Waals surface area contributed by atoms with Crippen LogP contribution in [0.2, 0.25) is 0 Å². The van der Waals surface area contributed by atoms with Crippen molar-refractivity contribution in [3.63, 3.8) is 0 Å². The molecule has 1 aliphatic rings. The zero-order chi connectivity index (χ0) is 10.0. The van der Waals surface area contributed by atoms with E-state index in [4.69, 9.17) is 14.3 Å². The van der Waals surface area contributed by atoms with E-state index in [1.54, 1.807) is 18.4 Å². The molecule has 1 N–H and O–H groups in total. The summed E-state index contributed by atoms with van der Waals surface area (Å²) >= 11 is 0. The summed E-state index contributed by atoms with van der Waals surface area (Å²) in [5.41, 5.74) is -0.373. The minimum absolute atomic E-state index is 0.373. The smallest absolute Gasteiger partial charge is 0.328 e. The van der Waals surface area contributed by atoms with E-state index >= 15 is 0 Å². The molecule has 1 aromatic heterocycles. The predicted molar refractivity (Wildman–Crippen MR) is 48.0 cm³/mol. The first-order chi connectivity index (χ1) is 6.73. The molecule has 0 spiro atoms. The lowest BCUT2D eigenvalue weighted by molar-refractivity contribution is -0.131. The Kier molecular flexibility index (Phi) is 2.13. The van der Waals surface area contributed by atoms with E-state index < -0.39 is 5.97 Å². The van der Waals surface area contributed by atoms with Gasteiger partial charge < -0.3 is 14.3 Å². The van der Waals surface area contributed by atoms with E-state index in [0.717, 1.165) is 11.8 Å². The summed E-state index contributed by atoms with van der Waals surface area (Å²) in [6, 6.07) is 3.61. The second-order valence-electron chi connectivity index (χ2n) is 3.30. The topological polar surface area (TPSA) is 59.7 Å². The van der Waals surface area contributed by atoms with Gasteiger partial charge >= 0.3 is 5.97 Å². The van der Waals surface area contributed by atoms with E-state index in [1.165, 1.54) is 0 Å². The first-order valence-corrected chi connectivity index (χ1v) is 4.27. The number of hydrogen-bond acceptors (Lipinski definition) is 3. The van der Waals surface area contributed by atoms with Gasteiger partial charge in [0, 0.05) is 6.08 Å². The van der Waals surface area contributed by atoms with E-state index in [2.05, 4.69) is 0 Å². The van der Waals surface area contributed by atoms with Crippen molar-refractivity contribution in [1.82, 2.24) is 0 Å². The number of carbonyl (C=O) groups is 1. The van der Waals surface area contributed by atoms with Crippen LogP contribution in [0.15, 0.2) is 35.0 Å². The molecule has 1 fully saturated rings. The van der Waals surface area contributed by atoms with Gasteiger partial charge in [-0.2, -0.15) is 0 Å². The second-order valence-corrected chi connectivity index (χ2v) is 3.30. The highest BCUT2D eigenvalue weighted by molar-refractivity contribution is 5.80. The molecule has 1 aliphatic heterocycles. The monoisotopic (exact) mass is 194 g/mol. The Morgan fingerprint density at radius 2 is 2.36 bits per heavy atom. The van der Waals surface area contributed by atoms with Crippen LogP contribution in [-0.4, -0.2) is 24.3 Å². The molecule has 0 aromatic carbocycles. The van der Waals surface area contributed by atoms with Crippen molar-refractivity contribution in [3.05, 3.63) is 36.3 Å². The SMILES string of the molecule is O=C(O)/C=C/C1(c2ccco2)COC1. The van der Waals surface area contributed by atoms with Gasteiger partial charge in [-0.05, 0) is 12.1 Å². The van der Waals surface area contributed by atoms with Crippen molar-refractivity contribution in [1.29, 1.82) is 0 Å². The number of hydrogen-bond donors (Lipinski definition) is 1. The average Bonchev–Trinajstić information content (AvgIpc) is 2.55. The number of rotatable bonds is 3. The van der Waals surface area contributed by atoms with Gasteiger partial charge in [0.15, 0.2) is 0 Å². The Balaban J connectivity index is 2.22. The molecule has 0 amide bonds. The summed E-state index contributed by atoms with van der Waals surface area (Å²) in [5.74, 6) is -0.205. The lowest BCUT2D eigenvalue weighted by Gasteiger charge is -2.36. The molecule has 0 aliphatic carbocycles. The largest absolute Gasteiger partial charge is 0.478 e. The number of ether oxygens (including phenoxy) is 1. The highest BCUT2D eigenvalue weighted by Crippen LogP contribution is 2.33. The third-order valence-corrected chi connectivity index (χ3v) is 2.28. The molecular weight excluding hydrogens is 184 g/mol. The van der Waals surface area contributed by atoms with Crippen LogP contribution in [0.4, 0.5) is 0 Å². The van der Waals surface area contributed by atoms with Crippen molar-refractivity contribution in [2.75, 3.05) is 13.2 Å². The minimum atomic E-state index is -0.956. The molecule has 0 unspecified atom stereocenters. The number of carboxylic acids is 1. The number of carboxylic acid groups (broad SMARTS) is 1. The van der Waals surface area contributed by atoms with Crippen molar-refractivity contribution in [2.24, 2.45) is 0 Å². The van der Waals surface area contributed by atoms with E-state index in [-0.39, 0.29) is 5.41 Å². The molecular formula is C10H10O4. The fraction of sp³-hybridized carbons (Fsp3) is 0.300. The summed E-state index contributed by atoms with van der Waals surface area (Å²) in [7, 11) is 0. The van der Waals surface area contributed by atoms with Crippen LogP contribution in [0.5, 0.6) is 0 Å². The van der Waals surface area contributed by atoms with Gasteiger partial charge in [-0.1, -0.05) is 6.08 Å². The molecule has 0 bridgehead atoms. The first-order valence-electron chi connectivity index (χ1n) is 4.27. The zero-order valence-corrected chi connectivity index (χ0v) is 7.47. The van der Waals surface area contributed by atoms with Crippen LogP contribution in [0, 0.1) is 0 Å². The lowest BCUT2D eigenvalue weighted by atomic mass is 9.83. The van der Waals surface area contributed by atoms with Crippen LogP contribution in [0.3, 0.4) is 0 Å². The van der Waals surface area contributed by atoms with Crippen molar-refractivity contribution in [3.8, 4) is 0 Å². The summed E-state index contributed by atoms with van der Waals surface area (Å²) in [6.45, 7) is 0.953. The van der Waals surface area contributed by atoms with Gasteiger partial charge in [0.2, 0.25) is 0 Å². The Morgan fingerprint density at radius 1 is 1.57 bits per heavy atom. The number of furan rings is 1. The standard InChI is InChI=1S/C10H10O4/c11-9(12)3-4-10(6-13-7-10)8-2-1-5-14-8/h1-5H,6-7H2,(H,11,12)/b4-3+. The van der Waals surface area contributed by atoms with Crippen molar-refractivity contribution in [2.45, 2.75) is 5.41 Å². The van der Waals surface area contributed by atoms with Gasteiger partial charge in [-0.15, -0.1) is 0 Å². The molecule has 14 heavy (non-hydrogen) atoms. The Morgan fingerprint density at radius 3 is 2.79 bits per heavy atom. The minimum Gasteiger partial charge on any atom is -0.478 e. The van der Waals surface area contributed by atoms with Crippen molar-refractivity contribution < 1.29 is 19.1 Å². The molecule has 0 saturated carbocycles. The van der Waals surface area contributed by atoms with Crippen LogP contribution < -0.4 is 0 Å². The van der Waals surface area contributed by atoms with Gasteiger partial charge in [0.1, 0.15) is 5.76 Å². The maximum Gasteiger partial charge on any atom is 0.328 e. The summed E-state index contributed by atoms with van der Waals surface area (Å²) in [4.78, 5) is 10.4. The molecule has 1 saturated heterocycles. The summed E-state index contributed by atoms with van der Waals surface area (Å²) < 4.78 is 10.3. The molecule has 1 aromatic rings. The van der Waals surface area contributed by atoms with Gasteiger partial charge in [-0.25, -0.2) is 4.79 Å². The first kappa shape index (κ1) is 9.02. The van der Waals surface area contributed by atoms with E-state index in [0.29, 0.717) is 13.2 Å². The molecule has 4 nitrogen and oxygen atoms in total. The highest BCUT2D eigenvalue weighted by Gasteiger charge is 2.40. The molecule has 0 atom stereocenters. The quantitative estimate of drug-likeness (QED) is 0.734. The average molecular weight is 194 g/mol. The van der Waals surface area contributed by atoms with Gasteiger partial charge in [0.25, 0.3) is 0 Å². The van der Waals surface area contributed by atoms with Gasteiger partial charge in [-0.3, -0.25) is 0 Å². The third kappa shape index (κ3) is 1.44. The summed E-state index contributed by atoms with van der Waals surface area (Å²) in [6.07, 6.45) is 4.33. The van der Waals surface area contributed by atoms with Crippen LogP contribution in [0.1, 0.15) is 5.76 Å². The number of aliphatic carboxylic acids is 1. The van der Waals surface area contributed by atoms with Crippen LogP contribution in [-0.2, 0) is 14.9 Å². The highest BCUT2D eigenvalue weighted by atomic mass is 16.5. The molecule has 0 radical (unpaired) electrons. The molecule has 2 heterocycles. The predicted octanol–water partition coefficient (Wildman–Crippen LogP) is 1.19. The van der Waals surface area contributed by atoms with Crippen molar-refractivity contribution >= 4 is 5.97 Å². The second kappa shape index (κ2) is 3.31. The Bertz CT molecular complexity index is 346. The van der Waals surface area contributed by atoms with Gasteiger partial charge in [0.05, 0.1) is 24.9 Å². The zero-order valence-electron chi connectivity index (χ0n) is 7.47. The van der Waals surface area contributed by atoms with E-state index in [1.807, 2.05) is 6.07 Å². The van der Waals surface area contributed by atoms with Crippen LogP contribution in [0.25, 0.3) is 0 Å². The fourth-order valence-electron chi connectivity index (χ4n) is 1.44. The van der Waals surface area contributed by atoms with Crippen LogP contribution >= 0.6 is 0 Å². The summed E-state index contributed by atoms with van der Waals surface area (Å²) in [5, 5.41) is 8.54. The molecule has 74 valence electrons.